The van der Waals surface area contributed by atoms with Crippen molar-refractivity contribution >= 4 is 11.8 Å². The Bertz CT molecular complexity index is 948. The van der Waals surface area contributed by atoms with Gasteiger partial charge >= 0.3 is 12.2 Å². The molecule has 1 fully saturated rings. The van der Waals surface area contributed by atoms with Crippen LogP contribution in [0.3, 0.4) is 0 Å². The van der Waals surface area contributed by atoms with Crippen molar-refractivity contribution in [3.05, 3.63) is 59.7 Å². The Hall–Kier alpha value is -3.27. The van der Waals surface area contributed by atoms with E-state index >= 15 is 0 Å². The predicted octanol–water partition coefficient (Wildman–Crippen LogP) is 2.81. The molecule has 3 unspecified atom stereocenters. The molecule has 160 valence electrons. The van der Waals surface area contributed by atoms with Gasteiger partial charge in [0.05, 0.1) is 20.3 Å². The van der Waals surface area contributed by atoms with Crippen molar-refractivity contribution in [1.29, 1.82) is 0 Å². The maximum atomic E-state index is 13.9. The van der Waals surface area contributed by atoms with Gasteiger partial charge in [-0.2, -0.15) is 13.2 Å². The molecular weight excluding hydrogens is 405 g/mol. The number of rotatable bonds is 5. The maximum absolute atomic E-state index is 13.9. The minimum atomic E-state index is -5.32. The number of amides is 2. The first-order chi connectivity index (χ1) is 14.1. The maximum Gasteiger partial charge on any atom is 0.437 e. The van der Waals surface area contributed by atoms with Gasteiger partial charge in [0.15, 0.2) is 5.78 Å². The number of Topliss-reactive ketones (excluding diaryl/α,β-unsaturated/α-hetero) is 1. The van der Waals surface area contributed by atoms with Crippen molar-refractivity contribution in [1.82, 2.24) is 10.6 Å². The van der Waals surface area contributed by atoms with Crippen molar-refractivity contribution in [3.63, 3.8) is 0 Å². The van der Waals surface area contributed by atoms with Crippen molar-refractivity contribution in [2.24, 2.45) is 5.92 Å². The molecule has 7 nitrogen and oxygen atoms in total. The Morgan fingerprint density at radius 2 is 1.70 bits per heavy atom. The summed E-state index contributed by atoms with van der Waals surface area (Å²) in [5, 5.41) is 14.4. The summed E-state index contributed by atoms with van der Waals surface area (Å²) in [7, 11) is 2.77. The van der Waals surface area contributed by atoms with Crippen LogP contribution in [0.4, 0.5) is 18.0 Å². The van der Waals surface area contributed by atoms with Crippen LogP contribution in [0.5, 0.6) is 11.5 Å². The van der Waals surface area contributed by atoms with E-state index in [2.05, 4.69) is 5.32 Å². The van der Waals surface area contributed by atoms with E-state index in [9.17, 15) is 27.9 Å². The Morgan fingerprint density at radius 3 is 2.27 bits per heavy atom. The van der Waals surface area contributed by atoms with E-state index in [1.165, 1.54) is 62.0 Å². The molecule has 1 aliphatic heterocycles. The largest absolute Gasteiger partial charge is 0.497 e. The summed E-state index contributed by atoms with van der Waals surface area (Å²) in [4.78, 5) is 25.2. The first kappa shape index (κ1) is 21.4. The molecule has 2 amide bonds. The second kappa shape index (κ2) is 7.86. The standard InChI is InChI=1S/C20H19F3N2O5/c1-29-13-8-6-11(7-9-13)17(26)15-16(12-4-3-5-14(10-12)30-2)24-18(27)25-19(15,28)20(21,22)23/h3-10,15-16,28H,1-2H3,(H2,24,25,27). The summed E-state index contributed by atoms with van der Waals surface area (Å²) >= 11 is 0. The molecule has 0 spiro atoms. The first-order valence-corrected chi connectivity index (χ1v) is 8.80. The molecule has 0 bridgehead atoms. The second-order valence-electron chi connectivity index (χ2n) is 6.69. The monoisotopic (exact) mass is 424 g/mol. The van der Waals surface area contributed by atoms with E-state index in [4.69, 9.17) is 9.47 Å². The first-order valence-electron chi connectivity index (χ1n) is 8.80. The van der Waals surface area contributed by atoms with E-state index in [1.807, 2.05) is 0 Å². The van der Waals surface area contributed by atoms with Gasteiger partial charge in [-0.25, -0.2) is 4.79 Å². The van der Waals surface area contributed by atoms with Crippen molar-refractivity contribution in [3.8, 4) is 11.5 Å². The normalized spacial score (nSPS) is 23.9. The number of carbonyl (C=O) groups is 2. The summed E-state index contributed by atoms with van der Waals surface area (Å²) in [5.74, 6) is -2.42. The topological polar surface area (TPSA) is 96.9 Å². The molecule has 3 rings (SSSR count). The number of halogens is 3. The number of ketones is 1. The molecule has 3 N–H and O–H groups in total. The highest BCUT2D eigenvalue weighted by Crippen LogP contribution is 2.44. The zero-order valence-corrected chi connectivity index (χ0v) is 16.0. The summed E-state index contributed by atoms with van der Waals surface area (Å²) in [5.41, 5.74) is -3.71. The highest BCUT2D eigenvalue weighted by atomic mass is 19.4. The van der Waals surface area contributed by atoms with Crippen LogP contribution in [-0.2, 0) is 0 Å². The average Bonchev–Trinajstić information content (AvgIpc) is 2.72. The number of ether oxygens (including phenoxy) is 2. The number of benzene rings is 2. The van der Waals surface area contributed by atoms with Gasteiger partial charge in [-0.05, 0) is 42.0 Å². The molecular formula is C20H19F3N2O5. The third-order valence-electron chi connectivity index (χ3n) is 4.92. The second-order valence-corrected chi connectivity index (χ2v) is 6.69. The zero-order chi connectivity index (χ0) is 22.1. The summed E-state index contributed by atoms with van der Waals surface area (Å²) in [6, 6.07) is 8.55. The quantitative estimate of drug-likeness (QED) is 0.642. The lowest BCUT2D eigenvalue weighted by molar-refractivity contribution is -0.287. The number of hydrogen-bond donors (Lipinski definition) is 3. The van der Waals surface area contributed by atoms with Crippen LogP contribution in [0.1, 0.15) is 22.0 Å². The minimum Gasteiger partial charge on any atom is -0.497 e. The molecule has 0 aliphatic carbocycles. The SMILES string of the molecule is COc1ccc(C(=O)C2C(c3cccc(OC)c3)NC(=O)NC2(O)C(F)(F)F)cc1. The predicted molar refractivity (Wildman–Crippen MR) is 99.2 cm³/mol. The molecule has 0 saturated carbocycles. The summed E-state index contributed by atoms with van der Waals surface area (Å²) in [6.45, 7) is 0. The molecule has 0 radical (unpaired) electrons. The van der Waals surface area contributed by atoms with Crippen molar-refractivity contribution in [2.75, 3.05) is 14.2 Å². The number of alkyl halides is 3. The van der Waals surface area contributed by atoms with E-state index in [0.717, 1.165) is 0 Å². The molecule has 1 aliphatic rings. The zero-order valence-electron chi connectivity index (χ0n) is 16.0. The summed E-state index contributed by atoms with van der Waals surface area (Å²) < 4.78 is 51.7. The van der Waals surface area contributed by atoms with Crippen LogP contribution in [0.25, 0.3) is 0 Å². The number of aliphatic hydroxyl groups is 1. The van der Waals surface area contributed by atoms with Gasteiger partial charge in [0, 0.05) is 5.56 Å². The Morgan fingerprint density at radius 1 is 1.07 bits per heavy atom. The van der Waals surface area contributed by atoms with Crippen molar-refractivity contribution < 1.29 is 37.3 Å². The molecule has 2 aromatic carbocycles. The van der Waals surface area contributed by atoms with Crippen LogP contribution >= 0.6 is 0 Å². The van der Waals surface area contributed by atoms with Crippen LogP contribution in [0.15, 0.2) is 48.5 Å². The molecule has 30 heavy (non-hydrogen) atoms. The molecule has 1 heterocycles. The third kappa shape index (κ3) is 3.78. The van der Waals surface area contributed by atoms with Crippen LogP contribution in [0.2, 0.25) is 0 Å². The fraction of sp³-hybridized carbons (Fsp3) is 0.300. The Labute approximate surface area is 169 Å². The number of urea groups is 1. The van der Waals surface area contributed by atoms with Crippen LogP contribution in [0, 0.1) is 5.92 Å². The third-order valence-corrected chi connectivity index (χ3v) is 4.92. The van der Waals surface area contributed by atoms with Gasteiger partial charge in [0.2, 0.25) is 5.72 Å². The fourth-order valence-electron chi connectivity index (χ4n) is 3.39. The number of carbonyl (C=O) groups excluding carboxylic acids is 2. The summed E-state index contributed by atoms with van der Waals surface area (Å²) in [6.07, 6.45) is -5.32. The van der Waals surface area contributed by atoms with Crippen molar-refractivity contribution in [2.45, 2.75) is 17.9 Å². The Kier molecular flexibility index (Phi) is 5.62. The van der Waals surface area contributed by atoms with E-state index < -0.39 is 35.7 Å². The number of methoxy groups -OCH3 is 2. The van der Waals surface area contributed by atoms with Crippen LogP contribution in [-0.4, -0.2) is 43.0 Å². The van der Waals surface area contributed by atoms with Gasteiger partial charge in [0.1, 0.15) is 17.4 Å². The molecule has 3 atom stereocenters. The smallest absolute Gasteiger partial charge is 0.437 e. The number of nitrogens with one attached hydrogen (secondary N) is 2. The van der Waals surface area contributed by atoms with Gasteiger partial charge < -0.3 is 25.2 Å². The van der Waals surface area contributed by atoms with Gasteiger partial charge in [-0.3, -0.25) is 4.79 Å². The lowest BCUT2D eigenvalue weighted by Gasteiger charge is -2.45. The molecule has 10 heteroatoms. The van der Waals surface area contributed by atoms with Gasteiger partial charge in [-0.1, -0.05) is 12.1 Å². The average molecular weight is 424 g/mol. The highest BCUT2D eigenvalue weighted by molar-refractivity contribution is 6.00. The van der Waals surface area contributed by atoms with Gasteiger partial charge in [0.25, 0.3) is 0 Å². The van der Waals surface area contributed by atoms with E-state index in [0.29, 0.717) is 11.5 Å². The van der Waals surface area contributed by atoms with Crippen LogP contribution < -0.4 is 20.1 Å². The highest BCUT2D eigenvalue weighted by Gasteiger charge is 2.66. The Balaban J connectivity index is 2.14. The lowest BCUT2D eigenvalue weighted by atomic mass is 9.77. The van der Waals surface area contributed by atoms with Gasteiger partial charge in [-0.15, -0.1) is 0 Å². The molecule has 2 aromatic rings. The molecule has 0 aromatic heterocycles. The van der Waals surface area contributed by atoms with E-state index in [-0.39, 0.29) is 11.1 Å². The number of hydrogen-bond acceptors (Lipinski definition) is 5. The lowest BCUT2D eigenvalue weighted by Crippen LogP contribution is -2.72. The minimum absolute atomic E-state index is 0.0886. The fourth-order valence-corrected chi connectivity index (χ4v) is 3.39. The molecule has 1 saturated heterocycles. The van der Waals surface area contributed by atoms with E-state index in [1.54, 1.807) is 6.07 Å².